The zero-order valence-electron chi connectivity index (χ0n) is 11.1. The van der Waals surface area contributed by atoms with Gasteiger partial charge in [0.25, 0.3) is 0 Å². The molecule has 20 heavy (non-hydrogen) atoms. The first-order chi connectivity index (χ1) is 9.63. The fraction of sp³-hybridized carbons (Fsp3) is 0.133. The van der Waals surface area contributed by atoms with Gasteiger partial charge in [0.05, 0.1) is 24.8 Å². The fourth-order valence-electron chi connectivity index (χ4n) is 1.60. The molecule has 0 aliphatic rings. The lowest BCUT2D eigenvalue weighted by Crippen LogP contribution is -2.00. The van der Waals surface area contributed by atoms with Gasteiger partial charge < -0.3 is 9.47 Å². The second-order valence-electron chi connectivity index (χ2n) is 3.91. The summed E-state index contributed by atoms with van der Waals surface area (Å²) < 4.78 is 9.77. The first-order valence-electron chi connectivity index (χ1n) is 5.84. The molecule has 0 N–H and O–H groups in total. The molecule has 0 aliphatic heterocycles. The van der Waals surface area contributed by atoms with E-state index in [1.54, 1.807) is 19.2 Å². The van der Waals surface area contributed by atoms with Crippen LogP contribution < -0.4 is 4.74 Å². The average molecular weight is 309 g/mol. The van der Waals surface area contributed by atoms with E-state index in [2.05, 4.69) is 4.74 Å². The monoisotopic (exact) mass is 308 g/mol. The molecule has 2 aromatic carbocycles. The van der Waals surface area contributed by atoms with Gasteiger partial charge in [-0.25, -0.2) is 4.79 Å². The number of hydrogen-bond acceptors (Lipinski definition) is 4. The van der Waals surface area contributed by atoms with Crippen molar-refractivity contribution < 1.29 is 14.3 Å². The van der Waals surface area contributed by atoms with Gasteiger partial charge in [-0.1, -0.05) is 23.4 Å². The molecule has 2 aromatic rings. The number of hydrogen-bond donors (Lipinski definition) is 0. The van der Waals surface area contributed by atoms with Crippen molar-refractivity contribution in [2.45, 2.75) is 9.79 Å². The lowest BCUT2D eigenvalue weighted by molar-refractivity contribution is 0.0600. The van der Waals surface area contributed by atoms with E-state index in [-0.39, 0.29) is 0 Å². The minimum Gasteiger partial charge on any atom is -0.497 e. The Morgan fingerprint density at radius 3 is 2.35 bits per heavy atom. The number of benzene rings is 2. The van der Waals surface area contributed by atoms with E-state index in [0.29, 0.717) is 10.6 Å². The minimum absolute atomic E-state index is 0.395. The first kappa shape index (κ1) is 14.8. The number of ether oxygens (including phenoxy) is 2. The van der Waals surface area contributed by atoms with Gasteiger partial charge in [-0.2, -0.15) is 0 Å². The van der Waals surface area contributed by atoms with E-state index in [9.17, 15) is 4.79 Å². The van der Waals surface area contributed by atoms with Crippen LogP contribution in [0.3, 0.4) is 0 Å². The van der Waals surface area contributed by atoms with Gasteiger partial charge in [0.2, 0.25) is 0 Å². The smallest absolute Gasteiger partial charge is 0.337 e. The molecule has 0 saturated heterocycles. The molecule has 0 heterocycles. The summed E-state index contributed by atoms with van der Waals surface area (Å²) in [4.78, 5) is 13.3. The predicted octanol–water partition coefficient (Wildman–Crippen LogP) is 4.29. The second-order valence-corrected chi connectivity index (χ2v) is 5.44. The van der Waals surface area contributed by atoms with Gasteiger partial charge in [0.15, 0.2) is 0 Å². The highest BCUT2D eigenvalue weighted by Crippen LogP contribution is 2.34. The quantitative estimate of drug-likeness (QED) is 0.790. The number of carbonyl (C=O) groups excluding carboxylic acids is 1. The van der Waals surface area contributed by atoms with Gasteiger partial charge in [-0.05, 0) is 42.5 Å². The van der Waals surface area contributed by atoms with Crippen molar-refractivity contribution in [1.82, 2.24) is 0 Å². The van der Waals surface area contributed by atoms with Crippen molar-refractivity contribution in [1.29, 1.82) is 0 Å². The normalized spacial score (nSPS) is 10.2. The van der Waals surface area contributed by atoms with E-state index < -0.39 is 5.97 Å². The zero-order valence-corrected chi connectivity index (χ0v) is 12.6. The van der Waals surface area contributed by atoms with Crippen molar-refractivity contribution >= 4 is 29.3 Å². The minimum atomic E-state index is -0.395. The van der Waals surface area contributed by atoms with E-state index in [0.717, 1.165) is 15.5 Å². The number of halogens is 1. The second kappa shape index (κ2) is 6.68. The van der Waals surface area contributed by atoms with Crippen molar-refractivity contribution in [2.75, 3.05) is 14.2 Å². The summed E-state index contributed by atoms with van der Waals surface area (Å²) in [5.41, 5.74) is 0.441. The molecule has 0 bridgehead atoms. The standard InChI is InChI=1S/C15H13ClO3S/c1-18-11-4-6-12(7-5-11)20-14-8-3-10(9-13(14)16)15(17)19-2/h3-9H,1-2H3. The number of esters is 1. The van der Waals surface area contributed by atoms with Crippen molar-refractivity contribution in [3.05, 3.63) is 53.1 Å². The summed E-state index contributed by atoms with van der Waals surface area (Å²) in [6.45, 7) is 0. The maximum absolute atomic E-state index is 11.4. The fourth-order valence-corrected chi connectivity index (χ4v) is 2.71. The molecule has 0 spiro atoms. The predicted molar refractivity (Wildman–Crippen MR) is 79.9 cm³/mol. The number of rotatable bonds is 4. The van der Waals surface area contributed by atoms with E-state index in [1.807, 2.05) is 30.3 Å². The van der Waals surface area contributed by atoms with E-state index >= 15 is 0 Å². The Balaban J connectivity index is 2.18. The summed E-state index contributed by atoms with van der Waals surface area (Å²) >= 11 is 7.71. The first-order valence-corrected chi connectivity index (χ1v) is 7.03. The van der Waals surface area contributed by atoms with Crippen LogP contribution in [0.2, 0.25) is 5.02 Å². The van der Waals surface area contributed by atoms with Crippen LogP contribution >= 0.6 is 23.4 Å². The summed E-state index contributed by atoms with van der Waals surface area (Å²) in [6, 6.07) is 12.8. The van der Waals surface area contributed by atoms with Crippen LogP contribution in [0, 0.1) is 0 Å². The summed E-state index contributed by atoms with van der Waals surface area (Å²) in [6.07, 6.45) is 0. The SMILES string of the molecule is COC(=O)c1ccc(Sc2ccc(OC)cc2)c(Cl)c1. The van der Waals surface area contributed by atoms with Gasteiger partial charge in [0.1, 0.15) is 5.75 Å². The molecule has 3 nitrogen and oxygen atoms in total. The Morgan fingerprint density at radius 2 is 1.80 bits per heavy atom. The van der Waals surface area contributed by atoms with Crippen LogP contribution in [0.15, 0.2) is 52.3 Å². The van der Waals surface area contributed by atoms with Crippen molar-refractivity contribution in [3.8, 4) is 5.75 Å². The molecule has 0 amide bonds. The molecule has 0 fully saturated rings. The topological polar surface area (TPSA) is 35.5 Å². The highest BCUT2D eigenvalue weighted by atomic mass is 35.5. The van der Waals surface area contributed by atoms with Gasteiger partial charge >= 0.3 is 5.97 Å². The molecular formula is C15H13ClO3S. The molecule has 0 aliphatic carbocycles. The molecule has 104 valence electrons. The molecule has 0 radical (unpaired) electrons. The van der Waals surface area contributed by atoms with Gasteiger partial charge in [-0.3, -0.25) is 0 Å². The largest absolute Gasteiger partial charge is 0.497 e. The highest BCUT2D eigenvalue weighted by Gasteiger charge is 2.09. The maximum atomic E-state index is 11.4. The third kappa shape index (κ3) is 3.46. The Bertz CT molecular complexity index is 611. The summed E-state index contributed by atoms with van der Waals surface area (Å²) in [5.74, 6) is 0.411. The highest BCUT2D eigenvalue weighted by molar-refractivity contribution is 7.99. The van der Waals surface area contributed by atoms with Crippen LogP contribution in [0.25, 0.3) is 0 Å². The number of methoxy groups -OCH3 is 2. The average Bonchev–Trinajstić information content (AvgIpc) is 2.49. The molecule has 0 unspecified atom stereocenters. The van der Waals surface area contributed by atoms with Crippen LogP contribution in [0.4, 0.5) is 0 Å². The Hall–Kier alpha value is -1.65. The summed E-state index contributed by atoms with van der Waals surface area (Å²) in [5, 5.41) is 0.522. The zero-order chi connectivity index (χ0) is 14.5. The van der Waals surface area contributed by atoms with Crippen LogP contribution in [-0.4, -0.2) is 20.2 Å². The lowest BCUT2D eigenvalue weighted by atomic mass is 10.2. The van der Waals surface area contributed by atoms with Crippen molar-refractivity contribution in [2.24, 2.45) is 0 Å². The van der Waals surface area contributed by atoms with Crippen molar-refractivity contribution in [3.63, 3.8) is 0 Å². The molecule has 0 saturated carbocycles. The van der Waals surface area contributed by atoms with Gasteiger partial charge in [-0.15, -0.1) is 0 Å². The maximum Gasteiger partial charge on any atom is 0.337 e. The molecular weight excluding hydrogens is 296 g/mol. The number of carbonyl (C=O) groups is 1. The molecule has 0 atom stereocenters. The van der Waals surface area contributed by atoms with Gasteiger partial charge in [0, 0.05) is 9.79 Å². The van der Waals surface area contributed by atoms with Crippen LogP contribution in [0.1, 0.15) is 10.4 Å². The Kier molecular flexibility index (Phi) is 4.93. The third-order valence-corrected chi connectivity index (χ3v) is 4.15. The lowest BCUT2D eigenvalue weighted by Gasteiger charge is -2.07. The van der Waals surface area contributed by atoms with E-state index in [1.165, 1.54) is 18.9 Å². The molecule has 2 rings (SSSR count). The van der Waals surface area contributed by atoms with Crippen LogP contribution in [-0.2, 0) is 4.74 Å². The summed E-state index contributed by atoms with van der Waals surface area (Å²) in [7, 11) is 2.97. The third-order valence-electron chi connectivity index (χ3n) is 2.64. The Morgan fingerprint density at radius 1 is 1.10 bits per heavy atom. The van der Waals surface area contributed by atoms with Crippen LogP contribution in [0.5, 0.6) is 5.75 Å². The molecule has 5 heteroatoms. The van der Waals surface area contributed by atoms with E-state index in [4.69, 9.17) is 16.3 Å². The Labute approximate surface area is 126 Å². The molecule has 0 aromatic heterocycles.